The van der Waals surface area contributed by atoms with Crippen LogP contribution in [0.4, 0.5) is 0 Å². The van der Waals surface area contributed by atoms with Crippen LogP contribution in [-0.4, -0.2) is 6.10 Å². The second-order valence-corrected chi connectivity index (χ2v) is 5.81. The molecular formula is C20H14O. The van der Waals surface area contributed by atoms with Crippen molar-refractivity contribution in [3.05, 3.63) is 76.7 Å². The lowest BCUT2D eigenvalue weighted by molar-refractivity contribution is 0.288. The van der Waals surface area contributed by atoms with Crippen molar-refractivity contribution in [2.75, 3.05) is 0 Å². The van der Waals surface area contributed by atoms with Crippen LogP contribution in [0.15, 0.2) is 60.7 Å². The highest BCUT2D eigenvalue weighted by Crippen LogP contribution is 2.42. The maximum absolute atomic E-state index is 6.19. The number of hydrogen-bond acceptors (Lipinski definition) is 1. The van der Waals surface area contributed by atoms with E-state index in [0.29, 0.717) is 5.92 Å². The number of rotatable bonds is 0. The Hall–Kier alpha value is -2.54. The average molecular weight is 270 g/mol. The lowest BCUT2D eigenvalue weighted by Gasteiger charge is -2.15. The molecule has 1 heterocycles. The van der Waals surface area contributed by atoms with Crippen LogP contribution in [0.5, 0.6) is 5.75 Å². The van der Waals surface area contributed by atoms with Crippen molar-refractivity contribution in [2.45, 2.75) is 12.0 Å². The summed E-state index contributed by atoms with van der Waals surface area (Å²) in [4.78, 5) is 0. The Morgan fingerprint density at radius 2 is 1.38 bits per heavy atom. The van der Waals surface area contributed by atoms with Crippen LogP contribution in [0.25, 0.3) is 22.9 Å². The van der Waals surface area contributed by atoms with E-state index in [-0.39, 0.29) is 6.10 Å². The molecular weight excluding hydrogens is 256 g/mol. The van der Waals surface area contributed by atoms with Gasteiger partial charge in [0, 0.05) is 11.5 Å². The van der Waals surface area contributed by atoms with E-state index in [1.807, 2.05) is 0 Å². The molecule has 0 spiro atoms. The molecule has 0 amide bonds. The first-order valence-corrected chi connectivity index (χ1v) is 7.37. The Labute approximate surface area is 122 Å². The molecule has 2 aliphatic rings. The second-order valence-electron chi connectivity index (χ2n) is 5.81. The molecule has 5 rings (SSSR count). The maximum Gasteiger partial charge on any atom is 0.128 e. The predicted molar refractivity (Wildman–Crippen MR) is 85.7 cm³/mol. The number of hydrogen-bond donors (Lipinski definition) is 0. The summed E-state index contributed by atoms with van der Waals surface area (Å²) in [5.41, 5.74) is 1.31. The van der Waals surface area contributed by atoms with Crippen molar-refractivity contribution in [1.29, 1.82) is 0 Å². The van der Waals surface area contributed by atoms with Crippen molar-refractivity contribution in [3.8, 4) is 5.75 Å². The zero-order valence-electron chi connectivity index (χ0n) is 11.5. The Balaban J connectivity index is 1.76. The lowest BCUT2D eigenvalue weighted by Crippen LogP contribution is -2.33. The van der Waals surface area contributed by atoms with Crippen LogP contribution < -0.4 is 15.2 Å². The summed E-state index contributed by atoms with van der Waals surface area (Å²) in [6.45, 7) is 0. The summed E-state index contributed by atoms with van der Waals surface area (Å²) >= 11 is 0. The van der Waals surface area contributed by atoms with Crippen molar-refractivity contribution in [3.63, 3.8) is 0 Å². The molecule has 0 saturated carbocycles. The van der Waals surface area contributed by atoms with E-state index in [1.165, 1.54) is 26.8 Å². The third kappa shape index (κ3) is 1.58. The SMILES string of the molecule is C1=c2ccccc2=CC2c3cc4ccccc4cc3OC12. The minimum Gasteiger partial charge on any atom is -0.485 e. The molecule has 1 heteroatoms. The molecule has 1 aliphatic carbocycles. The van der Waals surface area contributed by atoms with Crippen LogP contribution in [0.3, 0.4) is 0 Å². The highest BCUT2D eigenvalue weighted by atomic mass is 16.5. The van der Waals surface area contributed by atoms with E-state index in [9.17, 15) is 0 Å². The fourth-order valence-corrected chi connectivity index (χ4v) is 3.50. The van der Waals surface area contributed by atoms with Crippen molar-refractivity contribution in [1.82, 2.24) is 0 Å². The largest absolute Gasteiger partial charge is 0.485 e. The summed E-state index contributed by atoms with van der Waals surface area (Å²) < 4.78 is 6.19. The van der Waals surface area contributed by atoms with E-state index in [2.05, 4.69) is 72.8 Å². The van der Waals surface area contributed by atoms with Gasteiger partial charge in [0.15, 0.2) is 0 Å². The summed E-state index contributed by atoms with van der Waals surface area (Å²) in [6.07, 6.45) is 4.73. The zero-order chi connectivity index (χ0) is 13.8. The van der Waals surface area contributed by atoms with Crippen LogP contribution in [0, 0.1) is 0 Å². The predicted octanol–water partition coefficient (Wildman–Crippen LogP) is 2.96. The molecule has 0 saturated heterocycles. The topological polar surface area (TPSA) is 9.23 Å². The molecule has 0 bridgehead atoms. The maximum atomic E-state index is 6.19. The summed E-state index contributed by atoms with van der Waals surface area (Å²) in [6, 6.07) is 21.5. The molecule has 1 nitrogen and oxygen atoms in total. The highest BCUT2D eigenvalue weighted by Gasteiger charge is 2.32. The first-order valence-electron chi connectivity index (χ1n) is 7.37. The molecule has 0 aromatic heterocycles. The van der Waals surface area contributed by atoms with Gasteiger partial charge in [-0.2, -0.15) is 0 Å². The normalized spacial score (nSPS) is 21.5. The zero-order valence-corrected chi connectivity index (χ0v) is 11.5. The van der Waals surface area contributed by atoms with Crippen LogP contribution in [0.1, 0.15) is 11.5 Å². The third-order valence-corrected chi connectivity index (χ3v) is 4.55. The Morgan fingerprint density at radius 1 is 0.714 bits per heavy atom. The molecule has 3 aromatic carbocycles. The molecule has 0 radical (unpaired) electrons. The number of benzene rings is 3. The Bertz CT molecular complexity index is 984. The van der Waals surface area contributed by atoms with Gasteiger partial charge in [0.1, 0.15) is 11.9 Å². The summed E-state index contributed by atoms with van der Waals surface area (Å²) in [7, 11) is 0. The second kappa shape index (κ2) is 3.98. The molecule has 1 aliphatic heterocycles. The van der Waals surface area contributed by atoms with E-state index < -0.39 is 0 Å². The van der Waals surface area contributed by atoms with Gasteiger partial charge in [-0.15, -0.1) is 0 Å². The van der Waals surface area contributed by atoms with Gasteiger partial charge in [-0.3, -0.25) is 0 Å². The van der Waals surface area contributed by atoms with Crippen molar-refractivity contribution >= 4 is 22.9 Å². The van der Waals surface area contributed by atoms with Gasteiger partial charge in [-0.25, -0.2) is 0 Å². The number of fused-ring (bicyclic) bond motifs is 5. The highest BCUT2D eigenvalue weighted by molar-refractivity contribution is 5.86. The van der Waals surface area contributed by atoms with Gasteiger partial charge in [0.2, 0.25) is 0 Å². The fourth-order valence-electron chi connectivity index (χ4n) is 3.50. The fraction of sp³-hybridized carbons (Fsp3) is 0.100. The van der Waals surface area contributed by atoms with Gasteiger partial charge in [-0.05, 0) is 39.4 Å². The monoisotopic (exact) mass is 270 g/mol. The van der Waals surface area contributed by atoms with Crippen LogP contribution in [0.2, 0.25) is 0 Å². The van der Waals surface area contributed by atoms with E-state index in [0.717, 1.165) is 5.75 Å². The Kier molecular flexibility index (Phi) is 2.12. The van der Waals surface area contributed by atoms with E-state index in [1.54, 1.807) is 0 Å². The molecule has 0 fully saturated rings. The van der Waals surface area contributed by atoms with E-state index in [4.69, 9.17) is 4.74 Å². The molecule has 2 unspecified atom stereocenters. The first-order chi connectivity index (χ1) is 10.4. The average Bonchev–Trinajstić information content (AvgIpc) is 2.87. The quantitative estimate of drug-likeness (QED) is 0.610. The molecule has 21 heavy (non-hydrogen) atoms. The number of ether oxygens (including phenoxy) is 1. The lowest BCUT2D eigenvalue weighted by atomic mass is 9.89. The first kappa shape index (κ1) is 11.2. The summed E-state index contributed by atoms with van der Waals surface area (Å²) in [5.74, 6) is 1.36. The minimum atomic E-state index is 0.131. The van der Waals surface area contributed by atoms with Crippen LogP contribution >= 0.6 is 0 Å². The molecule has 100 valence electrons. The van der Waals surface area contributed by atoms with E-state index >= 15 is 0 Å². The van der Waals surface area contributed by atoms with Gasteiger partial charge in [-0.1, -0.05) is 54.6 Å². The third-order valence-electron chi connectivity index (χ3n) is 4.55. The van der Waals surface area contributed by atoms with Gasteiger partial charge >= 0.3 is 0 Å². The van der Waals surface area contributed by atoms with Crippen LogP contribution in [-0.2, 0) is 0 Å². The standard InChI is InChI=1S/C20H14O/c1-3-7-15-11-19-17(9-13(15)5-1)18-10-14-6-2-4-8-16(14)12-20(18)21-19/h1-12,17,19H. The van der Waals surface area contributed by atoms with Gasteiger partial charge in [0.05, 0.1) is 0 Å². The molecule has 3 aromatic rings. The molecule has 2 atom stereocenters. The molecule has 0 N–H and O–H groups in total. The van der Waals surface area contributed by atoms with Gasteiger partial charge < -0.3 is 4.74 Å². The minimum absolute atomic E-state index is 0.131. The van der Waals surface area contributed by atoms with Crippen molar-refractivity contribution < 1.29 is 4.74 Å². The Morgan fingerprint density at radius 3 is 2.19 bits per heavy atom. The van der Waals surface area contributed by atoms with Gasteiger partial charge in [0.25, 0.3) is 0 Å². The van der Waals surface area contributed by atoms with Crippen molar-refractivity contribution in [2.24, 2.45) is 0 Å². The summed E-state index contributed by atoms with van der Waals surface area (Å²) in [5, 5.41) is 5.11. The smallest absolute Gasteiger partial charge is 0.128 e.